The molecule has 0 saturated heterocycles. The summed E-state index contributed by atoms with van der Waals surface area (Å²) in [6.45, 7) is 4.77. The van der Waals surface area contributed by atoms with Crippen molar-refractivity contribution in [1.29, 1.82) is 0 Å². The Morgan fingerprint density at radius 1 is 0.293 bits per heavy atom. The first-order chi connectivity index (χ1) is 39.7. The van der Waals surface area contributed by atoms with E-state index in [1.54, 1.807) is 0 Å². The number of esters is 4. The van der Waals surface area contributed by atoms with Gasteiger partial charge in [-0.1, -0.05) is 272 Å². The van der Waals surface area contributed by atoms with Gasteiger partial charge in [0.2, 0.25) is 0 Å². The Hall–Kier alpha value is -1.94. The zero-order valence-electron chi connectivity index (χ0n) is 52.5. The van der Waals surface area contributed by atoms with Crippen LogP contribution in [0.3, 0.4) is 0 Å². The van der Waals surface area contributed by atoms with Crippen molar-refractivity contribution in [3.8, 4) is 0 Å². The summed E-state index contributed by atoms with van der Waals surface area (Å²) in [4.78, 5) is 71.8. The number of hydrogen-bond acceptors (Lipinski definition) is 15. The van der Waals surface area contributed by atoms with E-state index < -0.39 is 97.5 Å². The normalized spacial score (nSPS) is 14.2. The molecule has 19 heteroatoms. The van der Waals surface area contributed by atoms with Gasteiger partial charge in [0.05, 0.1) is 26.4 Å². The summed E-state index contributed by atoms with van der Waals surface area (Å²) >= 11 is 0. The molecule has 3 N–H and O–H groups in total. The topological polar surface area (TPSA) is 237 Å². The van der Waals surface area contributed by atoms with Gasteiger partial charge in [-0.25, -0.2) is 9.13 Å². The van der Waals surface area contributed by atoms with Crippen molar-refractivity contribution in [3.05, 3.63) is 0 Å². The van der Waals surface area contributed by atoms with Gasteiger partial charge in [-0.05, 0) is 25.7 Å². The maximum Gasteiger partial charge on any atom is 0.472 e. The van der Waals surface area contributed by atoms with E-state index in [-0.39, 0.29) is 25.7 Å². The van der Waals surface area contributed by atoms with Gasteiger partial charge in [-0.2, -0.15) is 0 Å². The highest BCUT2D eigenvalue weighted by atomic mass is 31.2. The zero-order chi connectivity index (χ0) is 60.5. The van der Waals surface area contributed by atoms with E-state index in [0.29, 0.717) is 25.7 Å². The van der Waals surface area contributed by atoms with E-state index in [0.717, 1.165) is 109 Å². The Balaban J connectivity index is 5.05. The Morgan fingerprint density at radius 2 is 0.488 bits per heavy atom. The maximum atomic E-state index is 12.9. The molecule has 0 fully saturated rings. The van der Waals surface area contributed by atoms with Crippen molar-refractivity contribution in [3.63, 3.8) is 0 Å². The Labute approximate surface area is 498 Å². The molecule has 0 radical (unpaired) electrons. The number of unbranched alkanes of at least 4 members (excludes halogenated alkanes) is 38. The molecule has 0 aliphatic carbocycles. The van der Waals surface area contributed by atoms with Crippen LogP contribution in [0.4, 0.5) is 0 Å². The minimum Gasteiger partial charge on any atom is -0.462 e. The van der Waals surface area contributed by atoms with Crippen LogP contribution in [0.2, 0.25) is 0 Å². The van der Waals surface area contributed by atoms with Crippen molar-refractivity contribution >= 4 is 39.5 Å². The number of phosphoric acid groups is 2. The van der Waals surface area contributed by atoms with E-state index in [2.05, 4.69) is 27.7 Å². The quantitative estimate of drug-likeness (QED) is 0.0222. The van der Waals surface area contributed by atoms with E-state index in [4.69, 9.17) is 37.0 Å². The van der Waals surface area contributed by atoms with Crippen LogP contribution in [0.15, 0.2) is 0 Å². The average Bonchev–Trinajstić information content (AvgIpc) is 3.49. The molecule has 0 bridgehead atoms. The number of carbonyl (C=O) groups excluding carboxylic acids is 4. The standard InChI is InChI=1S/C63H122O17P2/c1-5-9-13-17-20-22-24-26-28-30-32-34-37-40-44-48-61(66)74-54-59(79-62(67)49-45-41-36-19-15-11-7-3)56-78-82(71,72)76-52-57(64)51-75-81(69,70)77-55-58(53-73-60(65)47-43-39-16-12-8-4)80-63(68)50-46-42-38-35-33-31-29-27-25-23-21-18-14-10-6-2/h57-59,64H,5-56H2,1-4H3,(H,69,70)(H,71,72)/t57-,58-,59-/m1/s1. The summed E-state index contributed by atoms with van der Waals surface area (Å²) in [5.74, 6) is -2.15. The molecule has 0 aliphatic rings. The molecular weight excluding hydrogens is 1090 g/mol. The first-order valence-electron chi connectivity index (χ1n) is 33.3. The highest BCUT2D eigenvalue weighted by Gasteiger charge is 2.30. The SMILES string of the molecule is CCCCCCCCCCCCCCCCCC(=O)OC[C@H](COP(=O)(O)OC[C@H](O)COP(=O)(O)OC[C@@H](COC(=O)CCCCCCC)OC(=O)CCCCCCCCCCCCCCCCC)OC(=O)CCCCCCCCC. The van der Waals surface area contributed by atoms with Crippen LogP contribution < -0.4 is 0 Å². The number of aliphatic hydroxyl groups is 1. The molecule has 82 heavy (non-hydrogen) atoms. The van der Waals surface area contributed by atoms with Gasteiger partial charge in [0, 0.05) is 25.7 Å². The van der Waals surface area contributed by atoms with E-state index in [1.807, 2.05) is 0 Å². The highest BCUT2D eigenvalue weighted by molar-refractivity contribution is 7.47. The van der Waals surface area contributed by atoms with Gasteiger partial charge in [0.1, 0.15) is 19.3 Å². The predicted octanol–water partition coefficient (Wildman–Crippen LogP) is 17.5. The van der Waals surface area contributed by atoms with Crippen LogP contribution in [0.25, 0.3) is 0 Å². The molecule has 0 heterocycles. The average molecular weight is 1210 g/mol. The summed E-state index contributed by atoms with van der Waals surface area (Å²) in [7, 11) is -9.87. The molecule has 2 unspecified atom stereocenters. The fraction of sp³-hybridized carbons (Fsp3) is 0.937. The number of hydrogen-bond donors (Lipinski definition) is 3. The van der Waals surface area contributed by atoms with Gasteiger partial charge in [0.25, 0.3) is 0 Å². The first kappa shape index (κ1) is 80.1. The summed E-state index contributed by atoms with van der Waals surface area (Å²) in [6.07, 6.45) is 43.6. The molecule has 5 atom stereocenters. The van der Waals surface area contributed by atoms with Crippen LogP contribution >= 0.6 is 15.6 Å². The molecular formula is C63H122O17P2. The van der Waals surface area contributed by atoms with Crippen LogP contribution in [0, 0.1) is 0 Å². The van der Waals surface area contributed by atoms with Crippen molar-refractivity contribution in [2.75, 3.05) is 39.6 Å². The lowest BCUT2D eigenvalue weighted by molar-refractivity contribution is -0.161. The first-order valence-corrected chi connectivity index (χ1v) is 36.3. The van der Waals surface area contributed by atoms with E-state index in [1.165, 1.54) is 135 Å². The van der Waals surface area contributed by atoms with Gasteiger partial charge in [-0.3, -0.25) is 37.3 Å². The van der Waals surface area contributed by atoms with E-state index >= 15 is 0 Å². The van der Waals surface area contributed by atoms with Gasteiger partial charge < -0.3 is 33.8 Å². The van der Waals surface area contributed by atoms with Gasteiger partial charge in [0.15, 0.2) is 12.2 Å². The number of carbonyl (C=O) groups is 4. The second-order valence-corrected chi connectivity index (χ2v) is 25.7. The van der Waals surface area contributed by atoms with Crippen molar-refractivity contribution in [1.82, 2.24) is 0 Å². The second kappa shape index (κ2) is 58.1. The second-order valence-electron chi connectivity index (χ2n) is 22.8. The van der Waals surface area contributed by atoms with Gasteiger partial charge >= 0.3 is 39.5 Å². The third-order valence-electron chi connectivity index (χ3n) is 14.6. The minimum absolute atomic E-state index is 0.105. The number of phosphoric ester groups is 2. The Morgan fingerprint density at radius 3 is 0.720 bits per heavy atom. The zero-order valence-corrected chi connectivity index (χ0v) is 54.2. The smallest absolute Gasteiger partial charge is 0.462 e. The van der Waals surface area contributed by atoms with Crippen LogP contribution in [-0.4, -0.2) is 96.7 Å². The fourth-order valence-corrected chi connectivity index (χ4v) is 11.0. The van der Waals surface area contributed by atoms with Crippen LogP contribution in [0.5, 0.6) is 0 Å². The summed E-state index contributed by atoms with van der Waals surface area (Å²) in [5, 5.41) is 10.5. The highest BCUT2D eigenvalue weighted by Crippen LogP contribution is 2.45. The molecule has 0 rings (SSSR count). The molecule has 0 aromatic rings. The van der Waals surface area contributed by atoms with Crippen LogP contribution in [-0.2, 0) is 65.4 Å². The Bertz CT molecular complexity index is 1590. The number of rotatable bonds is 64. The summed E-state index contributed by atoms with van der Waals surface area (Å²) in [6, 6.07) is 0. The lowest BCUT2D eigenvalue weighted by Gasteiger charge is -2.21. The number of aliphatic hydroxyl groups excluding tert-OH is 1. The lowest BCUT2D eigenvalue weighted by Crippen LogP contribution is -2.30. The third kappa shape index (κ3) is 57.2. The molecule has 17 nitrogen and oxygen atoms in total. The molecule has 486 valence electrons. The summed E-state index contributed by atoms with van der Waals surface area (Å²) < 4.78 is 67.7. The monoisotopic (exact) mass is 1210 g/mol. The van der Waals surface area contributed by atoms with Crippen molar-refractivity contribution in [2.24, 2.45) is 0 Å². The Kier molecular flexibility index (Phi) is 56.7. The molecule has 0 aromatic heterocycles. The molecule has 0 amide bonds. The van der Waals surface area contributed by atoms with Crippen LogP contribution in [0.1, 0.15) is 323 Å². The number of ether oxygens (including phenoxy) is 4. The third-order valence-corrected chi connectivity index (χ3v) is 16.5. The van der Waals surface area contributed by atoms with Gasteiger partial charge in [-0.15, -0.1) is 0 Å². The fourth-order valence-electron chi connectivity index (χ4n) is 9.46. The summed E-state index contributed by atoms with van der Waals surface area (Å²) in [5.41, 5.74) is 0. The predicted molar refractivity (Wildman–Crippen MR) is 326 cm³/mol. The largest absolute Gasteiger partial charge is 0.472 e. The minimum atomic E-state index is -4.94. The maximum absolute atomic E-state index is 12.9. The van der Waals surface area contributed by atoms with Crippen molar-refractivity contribution < 1.29 is 80.2 Å². The van der Waals surface area contributed by atoms with E-state index in [9.17, 15) is 43.2 Å². The molecule has 0 saturated carbocycles. The van der Waals surface area contributed by atoms with Crippen molar-refractivity contribution in [2.45, 2.75) is 341 Å². The molecule has 0 aliphatic heterocycles. The molecule has 0 aromatic carbocycles. The lowest BCUT2D eigenvalue weighted by atomic mass is 10.0. The molecule has 0 spiro atoms.